The maximum atomic E-state index is 9.49. The quantitative estimate of drug-likeness (QED) is 0.865. The first-order valence-electron chi connectivity index (χ1n) is 7.75. The number of nitrogens with one attached hydrogen (secondary N) is 1. The minimum atomic E-state index is 0.656. The lowest BCUT2D eigenvalue weighted by Gasteiger charge is -2.28. The van der Waals surface area contributed by atoms with E-state index in [9.17, 15) is 5.26 Å². The minimum absolute atomic E-state index is 0.656. The summed E-state index contributed by atoms with van der Waals surface area (Å²) in [5.74, 6) is 0.794. The van der Waals surface area contributed by atoms with Gasteiger partial charge in [0.05, 0.1) is 24.3 Å². The molecule has 0 atom stereocenters. The summed E-state index contributed by atoms with van der Waals surface area (Å²) in [6.45, 7) is 4.89. The summed E-state index contributed by atoms with van der Waals surface area (Å²) >= 11 is 0. The zero-order valence-electron chi connectivity index (χ0n) is 12.4. The number of ether oxygens (including phenoxy) is 1. The van der Waals surface area contributed by atoms with Crippen LogP contribution in [-0.4, -0.2) is 37.8 Å². The standard InChI is InChI=1S/C17H18N4O/c18-10-14-8-13-7-12-1-2-19-11-15(12)9-16(13)20-17(14)21-3-5-22-6-4-21/h7-9,19H,1-6,11H2. The Morgan fingerprint density at radius 3 is 2.86 bits per heavy atom. The SMILES string of the molecule is N#Cc1cc2cc3c(cc2nc1N1CCOCC1)CNCC3. The highest BCUT2D eigenvalue weighted by Gasteiger charge is 2.18. The first-order valence-corrected chi connectivity index (χ1v) is 7.75. The average molecular weight is 294 g/mol. The van der Waals surface area contributed by atoms with Crippen molar-refractivity contribution in [2.45, 2.75) is 13.0 Å². The van der Waals surface area contributed by atoms with Crippen molar-refractivity contribution in [3.05, 3.63) is 34.9 Å². The highest BCUT2D eigenvalue weighted by atomic mass is 16.5. The monoisotopic (exact) mass is 294 g/mol. The number of hydrogen-bond donors (Lipinski definition) is 1. The van der Waals surface area contributed by atoms with Gasteiger partial charge in [0.25, 0.3) is 0 Å². The second-order valence-electron chi connectivity index (χ2n) is 5.81. The van der Waals surface area contributed by atoms with Crippen LogP contribution in [0.3, 0.4) is 0 Å². The molecular weight excluding hydrogens is 276 g/mol. The molecule has 1 aromatic carbocycles. The number of morpholine rings is 1. The Morgan fingerprint density at radius 2 is 2.05 bits per heavy atom. The predicted octanol–water partition coefficient (Wildman–Crippen LogP) is 1.59. The normalized spacial score (nSPS) is 18.0. The number of rotatable bonds is 1. The van der Waals surface area contributed by atoms with Gasteiger partial charge in [-0.25, -0.2) is 4.98 Å². The van der Waals surface area contributed by atoms with E-state index in [0.29, 0.717) is 18.8 Å². The molecule has 1 N–H and O–H groups in total. The van der Waals surface area contributed by atoms with Gasteiger partial charge in [0, 0.05) is 25.0 Å². The number of hydrogen-bond acceptors (Lipinski definition) is 5. The van der Waals surface area contributed by atoms with E-state index >= 15 is 0 Å². The summed E-state index contributed by atoms with van der Waals surface area (Å²) in [7, 11) is 0. The van der Waals surface area contributed by atoms with Gasteiger partial charge in [-0.2, -0.15) is 5.26 Å². The number of benzene rings is 1. The zero-order valence-corrected chi connectivity index (χ0v) is 12.4. The lowest BCUT2D eigenvalue weighted by atomic mass is 9.98. The second kappa shape index (κ2) is 5.56. The Labute approximate surface area is 129 Å². The van der Waals surface area contributed by atoms with Crippen molar-refractivity contribution < 1.29 is 4.74 Å². The van der Waals surface area contributed by atoms with Crippen LogP contribution in [0, 0.1) is 11.3 Å². The molecule has 2 aliphatic heterocycles. The Morgan fingerprint density at radius 1 is 1.18 bits per heavy atom. The number of pyridine rings is 1. The van der Waals surface area contributed by atoms with E-state index in [1.807, 2.05) is 6.07 Å². The Hall–Kier alpha value is -2.16. The van der Waals surface area contributed by atoms with Gasteiger partial charge in [-0.1, -0.05) is 0 Å². The van der Waals surface area contributed by atoms with Crippen LogP contribution < -0.4 is 10.2 Å². The molecule has 0 saturated carbocycles. The van der Waals surface area contributed by atoms with Crippen molar-refractivity contribution in [1.82, 2.24) is 10.3 Å². The van der Waals surface area contributed by atoms with Crippen LogP contribution in [0.5, 0.6) is 0 Å². The number of fused-ring (bicyclic) bond motifs is 2. The van der Waals surface area contributed by atoms with E-state index in [2.05, 4.69) is 28.4 Å². The van der Waals surface area contributed by atoms with Crippen LogP contribution >= 0.6 is 0 Å². The van der Waals surface area contributed by atoms with Gasteiger partial charge in [-0.3, -0.25) is 0 Å². The van der Waals surface area contributed by atoms with E-state index in [0.717, 1.165) is 49.3 Å². The van der Waals surface area contributed by atoms with Crippen LogP contribution in [0.15, 0.2) is 18.2 Å². The minimum Gasteiger partial charge on any atom is -0.378 e. The summed E-state index contributed by atoms with van der Waals surface area (Å²) < 4.78 is 5.40. The first-order chi connectivity index (χ1) is 10.8. The molecule has 2 aliphatic rings. The van der Waals surface area contributed by atoms with Crippen molar-refractivity contribution in [2.24, 2.45) is 0 Å². The fourth-order valence-corrected chi connectivity index (χ4v) is 3.24. The number of nitriles is 1. The molecule has 0 radical (unpaired) electrons. The summed E-state index contributed by atoms with van der Waals surface area (Å²) in [6.07, 6.45) is 1.04. The molecule has 0 spiro atoms. The van der Waals surface area contributed by atoms with Crippen molar-refractivity contribution >= 4 is 16.7 Å². The number of nitrogens with zero attached hydrogens (tertiary/aromatic N) is 3. The molecule has 1 aromatic heterocycles. The molecule has 1 fully saturated rings. The largest absolute Gasteiger partial charge is 0.378 e. The Balaban J connectivity index is 1.84. The predicted molar refractivity (Wildman–Crippen MR) is 84.9 cm³/mol. The van der Waals surface area contributed by atoms with Crippen LogP contribution in [-0.2, 0) is 17.7 Å². The fraction of sp³-hybridized carbons (Fsp3) is 0.412. The summed E-state index contributed by atoms with van der Waals surface area (Å²) in [5, 5.41) is 14.0. The molecular formula is C17H18N4O. The van der Waals surface area contributed by atoms with Crippen molar-refractivity contribution in [1.29, 1.82) is 5.26 Å². The van der Waals surface area contributed by atoms with Gasteiger partial charge in [0.15, 0.2) is 0 Å². The molecule has 2 aromatic rings. The van der Waals surface area contributed by atoms with E-state index in [1.54, 1.807) is 0 Å². The molecule has 1 saturated heterocycles. The van der Waals surface area contributed by atoms with Crippen LogP contribution in [0.25, 0.3) is 10.9 Å². The second-order valence-corrected chi connectivity index (χ2v) is 5.81. The Kier molecular flexibility index (Phi) is 3.41. The third-order valence-corrected chi connectivity index (χ3v) is 4.43. The third-order valence-electron chi connectivity index (χ3n) is 4.43. The maximum Gasteiger partial charge on any atom is 0.147 e. The molecule has 0 aliphatic carbocycles. The van der Waals surface area contributed by atoms with Crippen molar-refractivity contribution in [2.75, 3.05) is 37.7 Å². The molecule has 22 heavy (non-hydrogen) atoms. The lowest BCUT2D eigenvalue weighted by Crippen LogP contribution is -2.37. The van der Waals surface area contributed by atoms with Crippen molar-refractivity contribution in [3.8, 4) is 6.07 Å². The molecule has 5 heteroatoms. The van der Waals surface area contributed by atoms with E-state index in [4.69, 9.17) is 9.72 Å². The molecule has 0 unspecified atom stereocenters. The zero-order chi connectivity index (χ0) is 14.9. The van der Waals surface area contributed by atoms with Crippen LogP contribution in [0.1, 0.15) is 16.7 Å². The van der Waals surface area contributed by atoms with Gasteiger partial charge >= 0.3 is 0 Å². The smallest absolute Gasteiger partial charge is 0.147 e. The highest BCUT2D eigenvalue weighted by molar-refractivity contribution is 5.84. The van der Waals surface area contributed by atoms with Crippen LogP contribution in [0.2, 0.25) is 0 Å². The van der Waals surface area contributed by atoms with Gasteiger partial charge < -0.3 is 15.0 Å². The van der Waals surface area contributed by atoms with Gasteiger partial charge in [0.1, 0.15) is 11.9 Å². The highest BCUT2D eigenvalue weighted by Crippen LogP contribution is 2.27. The molecule has 112 valence electrons. The summed E-state index contributed by atoms with van der Waals surface area (Å²) in [4.78, 5) is 6.95. The molecule has 0 bridgehead atoms. The van der Waals surface area contributed by atoms with E-state index in [-0.39, 0.29) is 0 Å². The first kappa shape index (κ1) is 13.5. The topological polar surface area (TPSA) is 61.2 Å². The molecule has 4 rings (SSSR count). The third kappa shape index (κ3) is 2.31. The maximum absolute atomic E-state index is 9.49. The van der Waals surface area contributed by atoms with Gasteiger partial charge in [0.2, 0.25) is 0 Å². The number of anilines is 1. The lowest BCUT2D eigenvalue weighted by molar-refractivity contribution is 0.122. The molecule has 0 amide bonds. The van der Waals surface area contributed by atoms with Crippen molar-refractivity contribution in [3.63, 3.8) is 0 Å². The van der Waals surface area contributed by atoms with Gasteiger partial charge in [-0.15, -0.1) is 0 Å². The van der Waals surface area contributed by atoms with E-state index in [1.165, 1.54) is 11.1 Å². The summed E-state index contributed by atoms with van der Waals surface area (Å²) in [6, 6.07) is 8.65. The van der Waals surface area contributed by atoms with E-state index < -0.39 is 0 Å². The molecule has 5 nitrogen and oxygen atoms in total. The molecule has 3 heterocycles. The number of aromatic nitrogens is 1. The van der Waals surface area contributed by atoms with Crippen LogP contribution in [0.4, 0.5) is 5.82 Å². The fourth-order valence-electron chi connectivity index (χ4n) is 3.24. The average Bonchev–Trinajstić information content (AvgIpc) is 2.59. The van der Waals surface area contributed by atoms with Gasteiger partial charge in [-0.05, 0) is 42.3 Å². The Bertz CT molecular complexity index is 759. The summed E-state index contributed by atoms with van der Waals surface area (Å²) in [5.41, 5.74) is 4.33.